The monoisotopic (exact) mass is 278 g/mol. The van der Waals surface area contributed by atoms with Gasteiger partial charge in [0, 0.05) is 5.41 Å². The Morgan fingerprint density at radius 1 is 1.40 bits per heavy atom. The number of carbonyl (C=O) groups is 2. The molecule has 0 unspecified atom stereocenters. The molecule has 2 rings (SSSR count). The van der Waals surface area contributed by atoms with Crippen LogP contribution in [0.1, 0.15) is 53.9 Å². The van der Waals surface area contributed by atoms with Gasteiger partial charge in [-0.15, -0.1) is 0 Å². The summed E-state index contributed by atoms with van der Waals surface area (Å²) in [5.74, 6) is 0.0543. The van der Waals surface area contributed by atoms with E-state index in [2.05, 4.69) is 20.8 Å². The molecule has 2 saturated carbocycles. The topological polar surface area (TPSA) is 43.4 Å². The maximum Gasteiger partial charge on any atom is 0.312 e. The van der Waals surface area contributed by atoms with Gasteiger partial charge in [0.15, 0.2) is 5.78 Å². The van der Waals surface area contributed by atoms with Crippen molar-refractivity contribution in [3.05, 3.63) is 11.6 Å². The zero-order valence-electron chi connectivity index (χ0n) is 13.3. The highest BCUT2D eigenvalue weighted by Gasteiger charge is 2.63. The van der Waals surface area contributed by atoms with Gasteiger partial charge in [-0.3, -0.25) is 9.59 Å². The van der Waals surface area contributed by atoms with E-state index in [1.54, 1.807) is 0 Å². The average molecular weight is 278 g/mol. The highest BCUT2D eigenvalue weighted by Crippen LogP contribution is 2.65. The minimum Gasteiger partial charge on any atom is -0.466 e. The minimum atomic E-state index is -0.285. The van der Waals surface area contributed by atoms with Gasteiger partial charge in [-0.2, -0.15) is 0 Å². The molecule has 3 heteroatoms. The van der Waals surface area contributed by atoms with Crippen LogP contribution in [-0.2, 0) is 14.3 Å². The van der Waals surface area contributed by atoms with Crippen molar-refractivity contribution in [2.75, 3.05) is 6.61 Å². The molecule has 0 aromatic carbocycles. The van der Waals surface area contributed by atoms with Gasteiger partial charge >= 0.3 is 5.97 Å². The van der Waals surface area contributed by atoms with Crippen LogP contribution in [0.3, 0.4) is 0 Å². The third-order valence-corrected chi connectivity index (χ3v) is 5.77. The molecule has 0 aromatic heterocycles. The maximum atomic E-state index is 12.7. The number of rotatable bonds is 4. The first-order valence-electron chi connectivity index (χ1n) is 7.72. The van der Waals surface area contributed by atoms with E-state index in [0.29, 0.717) is 18.9 Å². The molecule has 0 radical (unpaired) electrons. The first kappa shape index (κ1) is 15.3. The second-order valence-corrected chi connectivity index (χ2v) is 6.86. The largest absolute Gasteiger partial charge is 0.466 e. The number of hydrogen-bond donors (Lipinski definition) is 0. The maximum absolute atomic E-state index is 12.7. The van der Waals surface area contributed by atoms with Crippen molar-refractivity contribution in [3.63, 3.8) is 0 Å². The quantitative estimate of drug-likeness (QED) is 0.583. The molecule has 2 aliphatic carbocycles. The van der Waals surface area contributed by atoms with Gasteiger partial charge < -0.3 is 4.74 Å². The molecule has 0 saturated heterocycles. The number of fused-ring (bicyclic) bond motifs is 2. The van der Waals surface area contributed by atoms with E-state index >= 15 is 0 Å². The van der Waals surface area contributed by atoms with Crippen molar-refractivity contribution >= 4 is 11.8 Å². The van der Waals surface area contributed by atoms with Crippen LogP contribution in [-0.4, -0.2) is 18.4 Å². The lowest BCUT2D eigenvalue weighted by Gasteiger charge is -2.31. The van der Waals surface area contributed by atoms with E-state index in [9.17, 15) is 9.59 Å². The van der Waals surface area contributed by atoms with Crippen molar-refractivity contribution in [3.8, 4) is 0 Å². The lowest BCUT2D eigenvalue weighted by Crippen LogP contribution is -2.32. The van der Waals surface area contributed by atoms with Crippen LogP contribution in [0.2, 0.25) is 0 Å². The van der Waals surface area contributed by atoms with Crippen molar-refractivity contribution in [1.82, 2.24) is 0 Å². The Kier molecular flexibility index (Phi) is 3.83. The van der Waals surface area contributed by atoms with Gasteiger partial charge in [-0.25, -0.2) is 0 Å². The first-order valence-corrected chi connectivity index (χ1v) is 7.72. The average Bonchev–Trinajstić information content (AvgIpc) is 2.69. The van der Waals surface area contributed by atoms with Gasteiger partial charge in [-0.05, 0) is 43.1 Å². The van der Waals surface area contributed by atoms with E-state index in [4.69, 9.17) is 4.74 Å². The number of esters is 1. The van der Waals surface area contributed by atoms with Crippen LogP contribution in [0, 0.1) is 22.7 Å². The number of carbonyl (C=O) groups excluding carboxylic acids is 2. The van der Waals surface area contributed by atoms with Crippen LogP contribution in [0.5, 0.6) is 0 Å². The predicted molar refractivity (Wildman–Crippen MR) is 78.1 cm³/mol. The summed E-state index contributed by atoms with van der Waals surface area (Å²) in [5.41, 5.74) is 0.628. The molecule has 0 N–H and O–H groups in total. The molecular weight excluding hydrogens is 252 g/mol. The Morgan fingerprint density at radius 3 is 2.50 bits per heavy atom. The highest BCUT2D eigenvalue weighted by molar-refractivity contribution is 6.05. The van der Waals surface area contributed by atoms with E-state index in [1.165, 1.54) is 0 Å². The summed E-state index contributed by atoms with van der Waals surface area (Å²) in [6.07, 6.45) is 4.61. The number of allylic oxidation sites excluding steroid dienone is 1. The van der Waals surface area contributed by atoms with Gasteiger partial charge in [-0.1, -0.05) is 33.8 Å². The third kappa shape index (κ3) is 1.94. The Hall–Kier alpha value is -1.12. The molecule has 2 bridgehead atoms. The van der Waals surface area contributed by atoms with Gasteiger partial charge in [0.25, 0.3) is 0 Å². The molecule has 112 valence electrons. The molecule has 2 aliphatic rings. The molecule has 0 heterocycles. The summed E-state index contributed by atoms with van der Waals surface area (Å²) in [6.45, 7) is 10.6. The molecule has 0 amide bonds. The van der Waals surface area contributed by atoms with Crippen LogP contribution in [0.4, 0.5) is 0 Å². The zero-order chi connectivity index (χ0) is 15.1. The van der Waals surface area contributed by atoms with Crippen molar-refractivity contribution in [2.45, 2.75) is 53.9 Å². The van der Waals surface area contributed by atoms with Gasteiger partial charge in [0.05, 0.1) is 12.5 Å². The standard InChI is InChI=1S/C17H26O3/c1-6-11(15(19)20-7-2)10-12-13-8-9-17(5,14(12)18)16(13,3)4/h10-11,13H,6-9H2,1-5H3/b12-10-/t11-,13-,17-/m1/s1. The summed E-state index contributed by atoms with van der Waals surface area (Å²) in [4.78, 5) is 24.7. The zero-order valence-corrected chi connectivity index (χ0v) is 13.3. The second-order valence-electron chi connectivity index (χ2n) is 6.86. The Balaban J connectivity index is 2.32. The lowest BCUT2D eigenvalue weighted by atomic mass is 9.70. The lowest BCUT2D eigenvalue weighted by molar-refractivity contribution is -0.146. The van der Waals surface area contributed by atoms with Crippen molar-refractivity contribution in [2.24, 2.45) is 22.7 Å². The molecular formula is C17H26O3. The van der Waals surface area contributed by atoms with E-state index in [-0.39, 0.29) is 28.5 Å². The molecule has 20 heavy (non-hydrogen) atoms. The normalized spacial score (nSPS) is 34.5. The highest BCUT2D eigenvalue weighted by atomic mass is 16.5. The molecule has 2 fully saturated rings. The SMILES string of the molecule is CCOC(=O)[C@@H](/C=C1\C(=O)[C@@]2(C)CC[C@H]1C2(C)C)CC. The summed E-state index contributed by atoms with van der Waals surface area (Å²) < 4.78 is 5.10. The molecule has 0 spiro atoms. The predicted octanol–water partition coefficient (Wildman–Crippen LogP) is 3.53. The van der Waals surface area contributed by atoms with Crippen LogP contribution >= 0.6 is 0 Å². The summed E-state index contributed by atoms with van der Waals surface area (Å²) in [6, 6.07) is 0. The van der Waals surface area contributed by atoms with Gasteiger partial charge in [0.2, 0.25) is 0 Å². The van der Waals surface area contributed by atoms with Crippen molar-refractivity contribution in [1.29, 1.82) is 0 Å². The fraction of sp³-hybridized carbons (Fsp3) is 0.765. The summed E-state index contributed by atoms with van der Waals surface area (Å²) in [5, 5.41) is 0. The Labute approximate surface area is 121 Å². The fourth-order valence-corrected chi connectivity index (χ4v) is 3.94. The van der Waals surface area contributed by atoms with E-state index in [0.717, 1.165) is 18.4 Å². The second kappa shape index (κ2) is 5.01. The number of hydrogen-bond acceptors (Lipinski definition) is 3. The molecule has 3 nitrogen and oxygen atoms in total. The minimum absolute atomic E-state index is 0.00285. The van der Waals surface area contributed by atoms with E-state index in [1.807, 2.05) is 19.9 Å². The van der Waals surface area contributed by atoms with Crippen LogP contribution in [0.15, 0.2) is 11.6 Å². The van der Waals surface area contributed by atoms with Gasteiger partial charge in [0.1, 0.15) is 0 Å². The fourth-order valence-electron chi connectivity index (χ4n) is 3.94. The third-order valence-electron chi connectivity index (χ3n) is 5.77. The molecule has 0 aliphatic heterocycles. The van der Waals surface area contributed by atoms with Crippen molar-refractivity contribution < 1.29 is 14.3 Å². The van der Waals surface area contributed by atoms with Crippen LogP contribution < -0.4 is 0 Å². The molecule has 3 atom stereocenters. The summed E-state index contributed by atoms with van der Waals surface area (Å²) in [7, 11) is 0. The smallest absolute Gasteiger partial charge is 0.312 e. The molecule has 0 aromatic rings. The number of Topliss-reactive ketones (excluding diaryl/α,β-unsaturated/α-hetero) is 1. The van der Waals surface area contributed by atoms with Crippen LogP contribution in [0.25, 0.3) is 0 Å². The Bertz CT molecular complexity index is 461. The summed E-state index contributed by atoms with van der Waals surface area (Å²) >= 11 is 0. The Morgan fingerprint density at radius 2 is 2.05 bits per heavy atom. The number of ether oxygens (including phenoxy) is 1. The first-order chi connectivity index (χ1) is 9.29. The van der Waals surface area contributed by atoms with E-state index < -0.39 is 0 Å². The number of ketones is 1.